The molecule has 1 aliphatic heterocycles. The van der Waals surface area contributed by atoms with Crippen LogP contribution in [0.1, 0.15) is 18.9 Å². The van der Waals surface area contributed by atoms with E-state index in [9.17, 15) is 9.59 Å². The number of benzene rings is 2. The first kappa shape index (κ1) is 21.6. The van der Waals surface area contributed by atoms with Gasteiger partial charge in [0.2, 0.25) is 11.8 Å². The number of carbonyl (C=O) groups excluding carboxylic acids is 2. The van der Waals surface area contributed by atoms with Crippen LogP contribution in [-0.2, 0) is 9.59 Å². The van der Waals surface area contributed by atoms with E-state index in [0.717, 1.165) is 17.3 Å². The van der Waals surface area contributed by atoms with Gasteiger partial charge < -0.3 is 10.6 Å². The number of amides is 2. The zero-order chi connectivity index (χ0) is 21.0. The summed E-state index contributed by atoms with van der Waals surface area (Å²) in [4.78, 5) is 24.4. The minimum Gasteiger partial charge on any atom is -0.325 e. The third-order valence-corrected chi connectivity index (χ3v) is 6.07. The lowest BCUT2D eigenvalue weighted by molar-refractivity contribution is -0.122. The summed E-state index contributed by atoms with van der Waals surface area (Å²) in [6, 6.07) is 12.1. The first-order valence-electron chi connectivity index (χ1n) is 8.43. The molecule has 2 N–H and O–H groups in total. The van der Waals surface area contributed by atoms with Gasteiger partial charge in [0.1, 0.15) is 5.25 Å². The summed E-state index contributed by atoms with van der Waals surface area (Å²) in [7, 11) is 0. The highest BCUT2D eigenvalue weighted by Crippen LogP contribution is 2.30. The zero-order valence-electron chi connectivity index (χ0n) is 15.1. The number of thioether (sulfide) groups is 1. The van der Waals surface area contributed by atoms with Crippen molar-refractivity contribution >= 4 is 74.9 Å². The van der Waals surface area contributed by atoms with E-state index in [2.05, 4.69) is 20.8 Å². The molecular formula is C19H15Cl3N4O2S. The van der Waals surface area contributed by atoms with E-state index in [1.54, 1.807) is 37.3 Å². The van der Waals surface area contributed by atoms with Gasteiger partial charge in [-0.3, -0.25) is 9.59 Å². The van der Waals surface area contributed by atoms with Crippen molar-refractivity contribution in [3.05, 3.63) is 63.1 Å². The Morgan fingerprint density at radius 1 is 1.17 bits per heavy atom. The molecule has 2 aromatic carbocycles. The van der Waals surface area contributed by atoms with Crippen molar-refractivity contribution < 1.29 is 9.59 Å². The molecule has 1 heterocycles. The predicted molar refractivity (Wildman–Crippen MR) is 120 cm³/mol. The number of amidine groups is 1. The summed E-state index contributed by atoms with van der Waals surface area (Å²) in [6.07, 6.45) is -0.0434. The van der Waals surface area contributed by atoms with Gasteiger partial charge in [0, 0.05) is 11.4 Å². The summed E-state index contributed by atoms with van der Waals surface area (Å²) < 4.78 is 0. The third-order valence-electron chi connectivity index (χ3n) is 3.93. The Kier molecular flexibility index (Phi) is 7.18. The van der Waals surface area contributed by atoms with Gasteiger partial charge >= 0.3 is 0 Å². The standard InChI is InChI=1S/C19H15Cl3N4O2S/c1-10(11-5-7-12(20)8-6-11)25-26-19-24-18(28)15(29-19)9-16(27)23-14-4-2-3-13(21)17(14)22/h2-8,15H,9H2,1H3,(H,23,27)(H,24,26,28)/b25-10-. The molecule has 1 atom stereocenters. The minimum absolute atomic E-state index is 0.0434. The minimum atomic E-state index is -0.613. The van der Waals surface area contributed by atoms with Crippen LogP contribution in [-0.4, -0.2) is 27.9 Å². The number of rotatable bonds is 5. The van der Waals surface area contributed by atoms with Crippen molar-refractivity contribution in [2.75, 3.05) is 5.32 Å². The van der Waals surface area contributed by atoms with Crippen molar-refractivity contribution in [2.24, 2.45) is 10.2 Å². The van der Waals surface area contributed by atoms with Crippen molar-refractivity contribution in [1.29, 1.82) is 0 Å². The van der Waals surface area contributed by atoms with Crippen molar-refractivity contribution in [3.8, 4) is 0 Å². The van der Waals surface area contributed by atoms with Crippen LogP contribution in [0.3, 0.4) is 0 Å². The molecule has 1 saturated heterocycles. The van der Waals surface area contributed by atoms with Crippen LogP contribution in [0.2, 0.25) is 15.1 Å². The van der Waals surface area contributed by atoms with E-state index in [4.69, 9.17) is 34.8 Å². The third kappa shape index (κ3) is 5.73. The molecule has 1 aliphatic rings. The number of carbonyl (C=O) groups is 2. The maximum Gasteiger partial charge on any atom is 0.240 e. The van der Waals surface area contributed by atoms with Gasteiger partial charge in [-0.1, -0.05) is 64.8 Å². The smallest absolute Gasteiger partial charge is 0.240 e. The second kappa shape index (κ2) is 9.63. The highest BCUT2D eigenvalue weighted by molar-refractivity contribution is 8.15. The molecule has 2 amide bonds. The van der Waals surface area contributed by atoms with E-state index in [0.29, 0.717) is 26.6 Å². The average Bonchev–Trinajstić information content (AvgIpc) is 3.03. The number of hydrogen-bond donors (Lipinski definition) is 2. The summed E-state index contributed by atoms with van der Waals surface area (Å²) in [6.45, 7) is 1.80. The molecule has 0 radical (unpaired) electrons. The van der Waals surface area contributed by atoms with Crippen LogP contribution in [0.15, 0.2) is 52.7 Å². The first-order chi connectivity index (χ1) is 13.8. The SMILES string of the molecule is C/C(=N/N=C1\NC(=O)C(CC(=O)Nc2cccc(Cl)c2Cl)S1)c1ccc(Cl)cc1. The quantitative estimate of drug-likeness (QED) is 0.478. The van der Waals surface area contributed by atoms with Crippen molar-refractivity contribution in [2.45, 2.75) is 18.6 Å². The normalized spacial score (nSPS) is 18.1. The maximum absolute atomic E-state index is 12.3. The van der Waals surface area contributed by atoms with Crippen LogP contribution in [0.25, 0.3) is 0 Å². The number of halogens is 3. The predicted octanol–water partition coefficient (Wildman–Crippen LogP) is 4.99. The molecule has 29 heavy (non-hydrogen) atoms. The van der Waals surface area contributed by atoms with Crippen LogP contribution < -0.4 is 10.6 Å². The monoisotopic (exact) mass is 468 g/mol. The van der Waals surface area contributed by atoms with Gasteiger partial charge in [0.05, 0.1) is 21.4 Å². The molecule has 3 rings (SSSR count). The van der Waals surface area contributed by atoms with Gasteiger partial charge in [0.15, 0.2) is 5.17 Å². The molecule has 2 aromatic rings. The molecule has 0 saturated carbocycles. The first-order valence-corrected chi connectivity index (χ1v) is 10.4. The molecule has 0 bridgehead atoms. The lowest BCUT2D eigenvalue weighted by atomic mass is 10.1. The van der Waals surface area contributed by atoms with Crippen LogP contribution in [0.5, 0.6) is 0 Å². The van der Waals surface area contributed by atoms with E-state index in [1.165, 1.54) is 0 Å². The zero-order valence-corrected chi connectivity index (χ0v) is 18.2. The van der Waals surface area contributed by atoms with E-state index in [1.807, 2.05) is 12.1 Å². The van der Waals surface area contributed by atoms with Gasteiger partial charge in [0.25, 0.3) is 0 Å². The average molecular weight is 470 g/mol. The molecule has 1 fully saturated rings. The van der Waals surface area contributed by atoms with E-state index in [-0.39, 0.29) is 23.3 Å². The highest BCUT2D eigenvalue weighted by Gasteiger charge is 2.32. The van der Waals surface area contributed by atoms with Gasteiger partial charge in [-0.25, -0.2) is 0 Å². The lowest BCUT2D eigenvalue weighted by Crippen LogP contribution is -2.28. The topological polar surface area (TPSA) is 82.9 Å². The Hall–Kier alpha value is -2.06. The second-order valence-corrected chi connectivity index (χ2v) is 8.46. The van der Waals surface area contributed by atoms with Crippen molar-refractivity contribution in [3.63, 3.8) is 0 Å². The highest BCUT2D eigenvalue weighted by atomic mass is 35.5. The summed E-state index contributed by atoms with van der Waals surface area (Å²) in [5.41, 5.74) is 1.92. The maximum atomic E-state index is 12.3. The Labute approximate surface area is 186 Å². The van der Waals surface area contributed by atoms with E-state index >= 15 is 0 Å². The number of anilines is 1. The van der Waals surface area contributed by atoms with Crippen LogP contribution in [0, 0.1) is 0 Å². The van der Waals surface area contributed by atoms with Gasteiger partial charge in [-0.15, -0.1) is 5.10 Å². The molecule has 150 valence electrons. The fourth-order valence-corrected chi connectivity index (χ4v) is 3.82. The number of nitrogens with zero attached hydrogens (tertiary/aromatic N) is 2. The molecule has 0 aliphatic carbocycles. The molecular weight excluding hydrogens is 455 g/mol. The fraction of sp³-hybridized carbons (Fsp3) is 0.158. The molecule has 0 aromatic heterocycles. The molecule has 0 spiro atoms. The van der Waals surface area contributed by atoms with Crippen molar-refractivity contribution in [1.82, 2.24) is 5.32 Å². The second-order valence-electron chi connectivity index (χ2n) is 6.05. The Bertz CT molecular complexity index is 1010. The summed E-state index contributed by atoms with van der Waals surface area (Å²) in [5, 5.41) is 14.4. The Balaban J connectivity index is 1.61. The van der Waals surface area contributed by atoms with Crippen LogP contribution >= 0.6 is 46.6 Å². The summed E-state index contributed by atoms with van der Waals surface area (Å²) in [5.74, 6) is -0.663. The molecule has 6 nitrogen and oxygen atoms in total. The van der Waals surface area contributed by atoms with Gasteiger partial charge in [-0.2, -0.15) is 5.10 Å². The summed E-state index contributed by atoms with van der Waals surface area (Å²) >= 11 is 19.0. The molecule has 1 unspecified atom stereocenters. The number of nitrogens with one attached hydrogen (secondary N) is 2. The van der Waals surface area contributed by atoms with Gasteiger partial charge in [-0.05, 0) is 36.8 Å². The largest absolute Gasteiger partial charge is 0.325 e. The Morgan fingerprint density at radius 2 is 1.90 bits per heavy atom. The molecule has 10 heteroatoms. The van der Waals surface area contributed by atoms with Crippen LogP contribution in [0.4, 0.5) is 5.69 Å². The fourth-order valence-electron chi connectivity index (χ4n) is 2.43. The number of hydrogen-bond acceptors (Lipinski definition) is 5. The van der Waals surface area contributed by atoms with E-state index < -0.39 is 5.25 Å². The Morgan fingerprint density at radius 3 is 2.62 bits per heavy atom. The lowest BCUT2D eigenvalue weighted by Gasteiger charge is -2.09.